The number of hydrogen-bond acceptors (Lipinski definition) is 4. The minimum absolute atomic E-state index is 0.0868. The lowest BCUT2D eigenvalue weighted by Gasteiger charge is -2.37. The summed E-state index contributed by atoms with van der Waals surface area (Å²) in [5.41, 5.74) is 2.36. The zero-order chi connectivity index (χ0) is 17.1. The van der Waals surface area contributed by atoms with Gasteiger partial charge in [-0.15, -0.1) is 0 Å². The largest absolute Gasteiger partial charge is 0.356 e. The van der Waals surface area contributed by atoms with Crippen molar-refractivity contribution in [3.63, 3.8) is 0 Å². The molecule has 2 heterocycles. The van der Waals surface area contributed by atoms with Crippen LogP contribution in [-0.2, 0) is 11.2 Å². The van der Waals surface area contributed by atoms with Gasteiger partial charge in [-0.05, 0) is 30.5 Å². The van der Waals surface area contributed by atoms with Crippen LogP contribution in [0, 0.1) is 5.92 Å². The van der Waals surface area contributed by atoms with Gasteiger partial charge in [-0.25, -0.2) is 4.98 Å². The molecule has 0 atom stereocenters. The van der Waals surface area contributed by atoms with Gasteiger partial charge in [0, 0.05) is 19.6 Å². The van der Waals surface area contributed by atoms with Crippen molar-refractivity contribution in [1.29, 1.82) is 0 Å². The molecule has 1 fully saturated rings. The predicted octanol–water partition coefficient (Wildman–Crippen LogP) is 3.48. The second kappa shape index (κ2) is 7.23. The minimum Gasteiger partial charge on any atom is -0.356 e. The smallest absolute Gasteiger partial charge is 0.226 e. The molecule has 0 bridgehead atoms. The third kappa shape index (κ3) is 3.66. The Morgan fingerprint density at radius 3 is 2.68 bits per heavy atom. The third-order valence-electron chi connectivity index (χ3n) is 4.59. The Morgan fingerprint density at radius 1 is 1.12 bits per heavy atom. The van der Waals surface area contributed by atoms with E-state index in [0.717, 1.165) is 43.1 Å². The van der Waals surface area contributed by atoms with Crippen LogP contribution in [0.1, 0.15) is 12.0 Å². The van der Waals surface area contributed by atoms with Gasteiger partial charge in [-0.1, -0.05) is 53.8 Å². The van der Waals surface area contributed by atoms with Crippen LogP contribution >= 0.6 is 11.3 Å². The Morgan fingerprint density at radius 2 is 1.88 bits per heavy atom. The number of aryl methyl sites for hydroxylation is 1. The number of amides is 1. The van der Waals surface area contributed by atoms with Crippen LogP contribution in [-0.4, -0.2) is 30.5 Å². The van der Waals surface area contributed by atoms with E-state index in [9.17, 15) is 4.79 Å². The SMILES string of the molecule is O=C(NCCCc1ccccc1)C1CN(c2nc3ccccc3s2)C1. The number of aromatic nitrogens is 1. The zero-order valence-corrected chi connectivity index (χ0v) is 14.8. The number of carbonyl (C=O) groups excluding carboxylic acids is 1. The van der Waals surface area contributed by atoms with Crippen LogP contribution in [0.5, 0.6) is 0 Å². The molecule has 0 spiro atoms. The summed E-state index contributed by atoms with van der Waals surface area (Å²) in [6.45, 7) is 2.28. The van der Waals surface area contributed by atoms with E-state index in [1.165, 1.54) is 10.3 Å². The maximum absolute atomic E-state index is 12.2. The molecular weight excluding hydrogens is 330 g/mol. The van der Waals surface area contributed by atoms with Crippen molar-refractivity contribution in [2.24, 2.45) is 5.92 Å². The lowest BCUT2D eigenvalue weighted by Crippen LogP contribution is -2.53. The van der Waals surface area contributed by atoms with Crippen LogP contribution in [0.2, 0.25) is 0 Å². The van der Waals surface area contributed by atoms with Crippen molar-refractivity contribution in [1.82, 2.24) is 10.3 Å². The predicted molar refractivity (Wildman–Crippen MR) is 103 cm³/mol. The summed E-state index contributed by atoms with van der Waals surface area (Å²) in [5.74, 6) is 0.258. The second-order valence-corrected chi connectivity index (χ2v) is 7.46. The molecule has 128 valence electrons. The summed E-state index contributed by atoms with van der Waals surface area (Å²) in [6, 6.07) is 18.6. The molecule has 1 aromatic heterocycles. The molecule has 1 saturated heterocycles. The number of fused-ring (bicyclic) bond motifs is 1. The molecule has 25 heavy (non-hydrogen) atoms. The van der Waals surface area contributed by atoms with Crippen molar-refractivity contribution in [3.05, 3.63) is 60.2 Å². The quantitative estimate of drug-likeness (QED) is 0.692. The van der Waals surface area contributed by atoms with Crippen LogP contribution in [0.15, 0.2) is 54.6 Å². The van der Waals surface area contributed by atoms with Crippen LogP contribution in [0.3, 0.4) is 0 Å². The number of rotatable bonds is 6. The van der Waals surface area contributed by atoms with Gasteiger partial charge in [-0.2, -0.15) is 0 Å². The molecule has 4 rings (SSSR count). The van der Waals surface area contributed by atoms with E-state index >= 15 is 0 Å². The van der Waals surface area contributed by atoms with E-state index in [2.05, 4.69) is 45.5 Å². The van der Waals surface area contributed by atoms with Crippen molar-refractivity contribution in [2.45, 2.75) is 12.8 Å². The van der Waals surface area contributed by atoms with Gasteiger partial charge in [0.2, 0.25) is 5.91 Å². The van der Waals surface area contributed by atoms with Gasteiger partial charge in [0.1, 0.15) is 0 Å². The Bertz CT molecular complexity index is 823. The summed E-state index contributed by atoms with van der Waals surface area (Å²) in [4.78, 5) is 19.1. The van der Waals surface area contributed by atoms with E-state index in [-0.39, 0.29) is 11.8 Å². The molecule has 0 saturated carbocycles. The molecular formula is C20H21N3OS. The van der Waals surface area contributed by atoms with E-state index in [1.54, 1.807) is 11.3 Å². The molecule has 3 aromatic rings. The number of nitrogens with zero attached hydrogens (tertiary/aromatic N) is 2. The first-order chi connectivity index (χ1) is 12.3. The normalized spacial score (nSPS) is 14.5. The Labute approximate surface area is 151 Å². The van der Waals surface area contributed by atoms with E-state index in [4.69, 9.17) is 0 Å². The van der Waals surface area contributed by atoms with E-state index in [0.29, 0.717) is 0 Å². The highest BCUT2D eigenvalue weighted by atomic mass is 32.1. The summed E-state index contributed by atoms with van der Waals surface area (Å²) >= 11 is 1.70. The first-order valence-electron chi connectivity index (χ1n) is 8.72. The average Bonchev–Trinajstić information content (AvgIpc) is 3.02. The van der Waals surface area contributed by atoms with Gasteiger partial charge in [0.05, 0.1) is 16.1 Å². The topological polar surface area (TPSA) is 45.2 Å². The molecule has 0 unspecified atom stereocenters. The Balaban J connectivity index is 1.21. The number of para-hydroxylation sites is 1. The number of carbonyl (C=O) groups is 1. The van der Waals surface area contributed by atoms with E-state index < -0.39 is 0 Å². The molecule has 5 heteroatoms. The highest BCUT2D eigenvalue weighted by Gasteiger charge is 2.34. The highest BCUT2D eigenvalue weighted by Crippen LogP contribution is 2.32. The van der Waals surface area contributed by atoms with Gasteiger partial charge in [0.25, 0.3) is 0 Å². The van der Waals surface area contributed by atoms with Gasteiger partial charge < -0.3 is 10.2 Å². The fraction of sp³-hybridized carbons (Fsp3) is 0.300. The number of thiazole rings is 1. The summed E-state index contributed by atoms with van der Waals surface area (Å²) in [6.07, 6.45) is 1.98. The van der Waals surface area contributed by atoms with Gasteiger partial charge in [-0.3, -0.25) is 4.79 Å². The number of nitrogens with one attached hydrogen (secondary N) is 1. The van der Waals surface area contributed by atoms with Crippen LogP contribution in [0.25, 0.3) is 10.2 Å². The first-order valence-corrected chi connectivity index (χ1v) is 9.53. The van der Waals surface area contributed by atoms with Crippen LogP contribution in [0.4, 0.5) is 5.13 Å². The molecule has 1 N–H and O–H groups in total. The van der Waals surface area contributed by atoms with Crippen LogP contribution < -0.4 is 10.2 Å². The first kappa shape index (κ1) is 16.1. The van der Waals surface area contributed by atoms with Crippen molar-refractivity contribution < 1.29 is 4.79 Å². The fourth-order valence-electron chi connectivity index (χ4n) is 3.09. The lowest BCUT2D eigenvalue weighted by atomic mass is 10.00. The Kier molecular flexibility index (Phi) is 4.65. The van der Waals surface area contributed by atoms with Gasteiger partial charge in [0.15, 0.2) is 5.13 Å². The average molecular weight is 351 g/mol. The third-order valence-corrected chi connectivity index (χ3v) is 5.69. The summed E-state index contributed by atoms with van der Waals surface area (Å²) in [5, 5.41) is 4.09. The lowest BCUT2D eigenvalue weighted by molar-refractivity contribution is -0.125. The molecule has 1 aliphatic rings. The molecule has 2 aromatic carbocycles. The molecule has 0 aliphatic carbocycles. The molecule has 4 nitrogen and oxygen atoms in total. The fourth-order valence-corrected chi connectivity index (χ4v) is 4.07. The molecule has 0 radical (unpaired) electrons. The maximum Gasteiger partial charge on any atom is 0.226 e. The number of anilines is 1. The van der Waals surface area contributed by atoms with Crippen molar-refractivity contribution in [3.8, 4) is 0 Å². The van der Waals surface area contributed by atoms with Crippen molar-refractivity contribution >= 4 is 32.6 Å². The zero-order valence-electron chi connectivity index (χ0n) is 14.0. The van der Waals surface area contributed by atoms with Gasteiger partial charge >= 0.3 is 0 Å². The second-order valence-electron chi connectivity index (χ2n) is 6.45. The number of hydrogen-bond donors (Lipinski definition) is 1. The summed E-state index contributed by atoms with van der Waals surface area (Å²) in [7, 11) is 0. The summed E-state index contributed by atoms with van der Waals surface area (Å²) < 4.78 is 1.20. The molecule has 1 aliphatic heterocycles. The Hall–Kier alpha value is -2.40. The highest BCUT2D eigenvalue weighted by molar-refractivity contribution is 7.22. The van der Waals surface area contributed by atoms with Crippen molar-refractivity contribution in [2.75, 3.05) is 24.5 Å². The maximum atomic E-state index is 12.2. The molecule has 1 amide bonds. The number of benzene rings is 2. The minimum atomic E-state index is 0.0868. The van der Waals surface area contributed by atoms with E-state index in [1.807, 2.05) is 24.3 Å². The monoisotopic (exact) mass is 351 g/mol. The standard InChI is InChI=1S/C20H21N3OS/c24-19(21-12-6-9-15-7-2-1-3-8-15)16-13-23(14-16)20-22-17-10-4-5-11-18(17)25-20/h1-5,7-8,10-11,16H,6,9,12-14H2,(H,21,24).